The number of carbonyl (C=O) groups is 1. The molecule has 2 aromatic rings. The number of hydrogen-bond donors (Lipinski definition) is 0. The van der Waals surface area contributed by atoms with Crippen molar-refractivity contribution >= 4 is 5.97 Å². The van der Waals surface area contributed by atoms with Crippen molar-refractivity contribution in [3.63, 3.8) is 0 Å². The minimum absolute atomic E-state index is 0.124. The summed E-state index contributed by atoms with van der Waals surface area (Å²) in [4.78, 5) is 18.4. The van der Waals surface area contributed by atoms with Gasteiger partial charge in [0.15, 0.2) is 5.76 Å². The number of carbonyl (C=O) groups excluding carboxylic acids is 1. The van der Waals surface area contributed by atoms with Gasteiger partial charge in [-0.25, -0.2) is 0 Å². The molecule has 0 amide bonds. The van der Waals surface area contributed by atoms with Crippen LogP contribution in [0.25, 0.3) is 11.4 Å². The van der Waals surface area contributed by atoms with Crippen LogP contribution in [0.1, 0.15) is 38.4 Å². The summed E-state index contributed by atoms with van der Waals surface area (Å²) in [6.07, 6.45) is 5.48. The second-order valence-electron chi connectivity index (χ2n) is 6.02. The first-order valence-corrected chi connectivity index (χ1v) is 8.53. The molecule has 1 fully saturated rings. The zero-order valence-electron chi connectivity index (χ0n) is 14.0. The highest BCUT2D eigenvalue weighted by Gasteiger charge is 2.26. The molecule has 0 aromatic carbocycles. The molecule has 0 N–H and O–H groups in total. The maximum atomic E-state index is 11.8. The molecule has 1 saturated heterocycles. The Morgan fingerprint density at radius 3 is 3.08 bits per heavy atom. The Kier molecular flexibility index (Phi) is 5.59. The quantitative estimate of drug-likeness (QED) is 0.759. The number of rotatable bonds is 6. The van der Waals surface area contributed by atoms with Crippen LogP contribution in [0.15, 0.2) is 35.0 Å². The Bertz CT molecular complexity index is 657. The van der Waals surface area contributed by atoms with Gasteiger partial charge in [0, 0.05) is 18.3 Å². The topological polar surface area (TPSA) is 68.5 Å². The van der Waals surface area contributed by atoms with E-state index in [0.717, 1.165) is 43.0 Å². The fraction of sp³-hybridized carbons (Fsp3) is 0.500. The van der Waals surface area contributed by atoms with E-state index in [1.807, 2.05) is 31.2 Å². The lowest BCUT2D eigenvalue weighted by molar-refractivity contribution is -0.145. The number of pyridine rings is 1. The molecule has 0 bridgehead atoms. The molecule has 0 radical (unpaired) electrons. The molecule has 1 aliphatic rings. The minimum atomic E-state index is -0.124. The van der Waals surface area contributed by atoms with E-state index < -0.39 is 0 Å². The predicted octanol–water partition coefficient (Wildman–Crippen LogP) is 3.04. The monoisotopic (exact) mass is 329 g/mol. The number of likely N-dealkylation sites (tertiary alicyclic amines) is 1. The summed E-state index contributed by atoms with van der Waals surface area (Å²) < 4.78 is 10.6. The van der Waals surface area contributed by atoms with E-state index >= 15 is 0 Å². The third kappa shape index (κ3) is 4.20. The normalized spacial score (nSPS) is 18.5. The van der Waals surface area contributed by atoms with Crippen LogP contribution >= 0.6 is 0 Å². The predicted molar refractivity (Wildman–Crippen MR) is 89.0 cm³/mol. The lowest BCUT2D eigenvalue weighted by atomic mass is 9.99. The van der Waals surface area contributed by atoms with E-state index in [4.69, 9.17) is 9.26 Å². The molecular formula is C18H23N3O3. The standard InChI is InChI=1S/C18H23N3O3/c1-2-23-18(22)11-14-7-4-6-10-21(14)13-15-12-17(20-24-15)16-8-3-5-9-19-16/h3,5,8-9,12,14H,2,4,6-7,10-11,13H2,1H3/t14-/m0/s1. The zero-order chi connectivity index (χ0) is 16.8. The lowest BCUT2D eigenvalue weighted by Gasteiger charge is -2.34. The SMILES string of the molecule is CCOC(=O)C[C@@H]1CCCCN1Cc1cc(-c2ccccn2)no1. The summed E-state index contributed by atoms with van der Waals surface area (Å²) in [5, 5.41) is 4.11. The van der Waals surface area contributed by atoms with Crippen molar-refractivity contribution in [1.29, 1.82) is 0 Å². The van der Waals surface area contributed by atoms with Crippen molar-refractivity contribution in [2.75, 3.05) is 13.2 Å². The molecule has 24 heavy (non-hydrogen) atoms. The van der Waals surface area contributed by atoms with Gasteiger partial charge in [-0.3, -0.25) is 14.7 Å². The summed E-state index contributed by atoms with van der Waals surface area (Å²) in [6, 6.07) is 7.85. The van der Waals surface area contributed by atoms with E-state index in [-0.39, 0.29) is 12.0 Å². The molecule has 0 unspecified atom stereocenters. The van der Waals surface area contributed by atoms with Crippen molar-refractivity contribution in [3.05, 3.63) is 36.2 Å². The molecule has 6 heteroatoms. The fourth-order valence-corrected chi connectivity index (χ4v) is 3.13. The van der Waals surface area contributed by atoms with Crippen LogP contribution in [0.2, 0.25) is 0 Å². The lowest BCUT2D eigenvalue weighted by Crippen LogP contribution is -2.40. The number of aromatic nitrogens is 2. The van der Waals surface area contributed by atoms with Gasteiger partial charge in [-0.15, -0.1) is 0 Å². The van der Waals surface area contributed by atoms with Gasteiger partial charge in [-0.2, -0.15) is 0 Å². The summed E-state index contributed by atoms with van der Waals surface area (Å²) >= 11 is 0. The second kappa shape index (κ2) is 8.06. The van der Waals surface area contributed by atoms with Crippen molar-refractivity contribution in [2.45, 2.75) is 45.2 Å². The van der Waals surface area contributed by atoms with Gasteiger partial charge in [-0.1, -0.05) is 17.6 Å². The van der Waals surface area contributed by atoms with Crippen LogP contribution in [-0.2, 0) is 16.1 Å². The first-order valence-electron chi connectivity index (χ1n) is 8.53. The van der Waals surface area contributed by atoms with Gasteiger partial charge < -0.3 is 9.26 Å². The summed E-state index contributed by atoms with van der Waals surface area (Å²) in [5.41, 5.74) is 1.54. The molecular weight excluding hydrogens is 306 g/mol. The molecule has 0 saturated carbocycles. The summed E-state index contributed by atoms with van der Waals surface area (Å²) in [7, 11) is 0. The van der Waals surface area contributed by atoms with Gasteiger partial charge >= 0.3 is 5.97 Å². The number of esters is 1. The number of piperidine rings is 1. The van der Waals surface area contributed by atoms with E-state index in [1.54, 1.807) is 6.20 Å². The van der Waals surface area contributed by atoms with Crippen LogP contribution in [0, 0.1) is 0 Å². The Morgan fingerprint density at radius 2 is 2.29 bits per heavy atom. The average Bonchev–Trinajstić information content (AvgIpc) is 3.06. The highest BCUT2D eigenvalue weighted by Crippen LogP contribution is 2.24. The first kappa shape index (κ1) is 16.6. The van der Waals surface area contributed by atoms with Crippen molar-refractivity contribution in [3.8, 4) is 11.4 Å². The zero-order valence-corrected chi connectivity index (χ0v) is 14.0. The Balaban J connectivity index is 1.65. The smallest absolute Gasteiger partial charge is 0.307 e. The summed E-state index contributed by atoms with van der Waals surface area (Å²) in [5.74, 6) is 0.674. The molecule has 0 spiro atoms. The minimum Gasteiger partial charge on any atom is -0.466 e. The Labute approximate surface area is 141 Å². The number of nitrogens with zero attached hydrogens (tertiary/aromatic N) is 3. The van der Waals surface area contributed by atoms with Gasteiger partial charge in [0.1, 0.15) is 5.69 Å². The first-order chi connectivity index (χ1) is 11.8. The maximum Gasteiger partial charge on any atom is 0.307 e. The molecule has 1 atom stereocenters. The van der Waals surface area contributed by atoms with E-state index in [9.17, 15) is 4.79 Å². The molecule has 3 heterocycles. The molecule has 128 valence electrons. The number of ether oxygens (including phenoxy) is 1. The number of hydrogen-bond acceptors (Lipinski definition) is 6. The van der Waals surface area contributed by atoms with Gasteiger partial charge in [0.2, 0.25) is 0 Å². The molecule has 3 rings (SSSR count). The molecule has 6 nitrogen and oxygen atoms in total. The molecule has 2 aromatic heterocycles. The fourth-order valence-electron chi connectivity index (χ4n) is 3.13. The van der Waals surface area contributed by atoms with E-state index in [1.165, 1.54) is 0 Å². The molecule has 0 aliphatic carbocycles. The van der Waals surface area contributed by atoms with Crippen LogP contribution < -0.4 is 0 Å². The third-order valence-corrected chi connectivity index (χ3v) is 4.30. The Morgan fingerprint density at radius 1 is 1.38 bits per heavy atom. The van der Waals surface area contributed by atoms with E-state index in [0.29, 0.717) is 19.6 Å². The van der Waals surface area contributed by atoms with Crippen molar-refractivity contribution in [1.82, 2.24) is 15.0 Å². The highest BCUT2D eigenvalue weighted by atomic mass is 16.5. The van der Waals surface area contributed by atoms with Gasteiger partial charge in [0.25, 0.3) is 0 Å². The second-order valence-corrected chi connectivity index (χ2v) is 6.02. The van der Waals surface area contributed by atoms with Crippen molar-refractivity contribution in [2.24, 2.45) is 0 Å². The maximum absolute atomic E-state index is 11.8. The van der Waals surface area contributed by atoms with Crippen LogP contribution in [-0.4, -0.2) is 40.2 Å². The summed E-state index contributed by atoms with van der Waals surface area (Å²) in [6.45, 7) is 3.89. The third-order valence-electron chi connectivity index (χ3n) is 4.30. The highest BCUT2D eigenvalue weighted by molar-refractivity contribution is 5.70. The van der Waals surface area contributed by atoms with Crippen LogP contribution in [0.4, 0.5) is 0 Å². The molecule has 1 aliphatic heterocycles. The van der Waals surface area contributed by atoms with E-state index in [2.05, 4.69) is 15.0 Å². The average molecular weight is 329 g/mol. The van der Waals surface area contributed by atoms with Crippen molar-refractivity contribution < 1.29 is 14.1 Å². The van der Waals surface area contributed by atoms with Gasteiger partial charge in [-0.05, 0) is 38.4 Å². The largest absolute Gasteiger partial charge is 0.466 e. The van der Waals surface area contributed by atoms with Crippen LogP contribution in [0.5, 0.6) is 0 Å². The Hall–Kier alpha value is -2.21. The van der Waals surface area contributed by atoms with Crippen LogP contribution in [0.3, 0.4) is 0 Å². The van der Waals surface area contributed by atoms with Gasteiger partial charge in [0.05, 0.1) is 25.3 Å².